The average Bonchev–Trinajstić information content (AvgIpc) is 3.40. The lowest BCUT2D eigenvalue weighted by Gasteiger charge is -2.33. The molecule has 9 nitrogen and oxygen atoms in total. The smallest absolute Gasteiger partial charge is 0.264 e. The molecule has 1 heterocycles. The van der Waals surface area contributed by atoms with Crippen LogP contribution in [0.25, 0.3) is 0 Å². The third kappa shape index (κ3) is 8.45. The standard InChI is InChI=1S/C25H32F2N4O5S2/c1-36-15-18(30-21(32)17-8-5-9-24(26,27)13-17)22(33)31-19(12-16-6-3-2-4-7-16)25(35,37)23(34)29-14-20-28-10-11-38-20/h2-4,6-7,10-11,17-19,35,37H,5,8-9,12-15H2,1H3,(H,29,34)(H,30,32)(H,31,33)/t17-,18-,19-,25-/m1/s1. The summed E-state index contributed by atoms with van der Waals surface area (Å²) < 4.78 is 32.7. The largest absolute Gasteiger partial charge is 0.382 e. The lowest BCUT2D eigenvalue weighted by atomic mass is 9.86. The summed E-state index contributed by atoms with van der Waals surface area (Å²) in [5.74, 6) is -6.17. The van der Waals surface area contributed by atoms with Gasteiger partial charge in [-0.3, -0.25) is 14.4 Å². The zero-order valence-corrected chi connectivity index (χ0v) is 22.6. The first kappa shape index (κ1) is 29.9. The fourth-order valence-corrected chi connectivity index (χ4v) is 5.03. The maximum atomic E-state index is 13.8. The van der Waals surface area contributed by atoms with E-state index >= 15 is 0 Å². The van der Waals surface area contributed by atoms with Gasteiger partial charge < -0.3 is 25.8 Å². The summed E-state index contributed by atoms with van der Waals surface area (Å²) >= 11 is 5.54. The van der Waals surface area contributed by atoms with E-state index in [0.29, 0.717) is 10.6 Å². The van der Waals surface area contributed by atoms with Gasteiger partial charge in [0.25, 0.3) is 5.91 Å². The van der Waals surface area contributed by atoms with Crippen LogP contribution in [0.5, 0.6) is 0 Å². The molecule has 0 bridgehead atoms. The average molecular weight is 571 g/mol. The van der Waals surface area contributed by atoms with Crippen molar-refractivity contribution in [1.29, 1.82) is 0 Å². The Hall–Kier alpha value is -2.61. The number of halogens is 2. The van der Waals surface area contributed by atoms with Gasteiger partial charge in [-0.05, 0) is 24.8 Å². The summed E-state index contributed by atoms with van der Waals surface area (Å²) in [6.07, 6.45) is 1.23. The summed E-state index contributed by atoms with van der Waals surface area (Å²) in [7, 11) is 1.32. The zero-order valence-electron chi connectivity index (χ0n) is 20.9. The predicted molar refractivity (Wildman–Crippen MR) is 141 cm³/mol. The predicted octanol–water partition coefficient (Wildman–Crippen LogP) is 2.06. The Morgan fingerprint density at radius 2 is 2.03 bits per heavy atom. The molecule has 0 radical (unpaired) electrons. The van der Waals surface area contributed by atoms with Gasteiger partial charge in [0.05, 0.1) is 19.2 Å². The normalized spacial score (nSPS) is 20.0. The number of thiol groups is 1. The van der Waals surface area contributed by atoms with E-state index in [4.69, 9.17) is 4.74 Å². The zero-order chi connectivity index (χ0) is 27.8. The molecule has 0 saturated heterocycles. The van der Waals surface area contributed by atoms with Crippen LogP contribution in [0.1, 0.15) is 36.3 Å². The highest BCUT2D eigenvalue weighted by Crippen LogP contribution is 2.36. The fraction of sp³-hybridized carbons (Fsp3) is 0.520. The van der Waals surface area contributed by atoms with Crippen molar-refractivity contribution in [2.75, 3.05) is 13.7 Å². The number of hydrogen-bond acceptors (Lipinski definition) is 8. The van der Waals surface area contributed by atoms with Crippen molar-refractivity contribution in [2.24, 2.45) is 5.92 Å². The summed E-state index contributed by atoms with van der Waals surface area (Å²) in [6, 6.07) is 6.37. The number of carbonyl (C=O) groups is 3. The van der Waals surface area contributed by atoms with Gasteiger partial charge >= 0.3 is 0 Å². The van der Waals surface area contributed by atoms with Crippen molar-refractivity contribution < 1.29 is 33.0 Å². The third-order valence-electron chi connectivity index (χ3n) is 6.28. The Morgan fingerprint density at radius 3 is 2.66 bits per heavy atom. The first-order valence-corrected chi connectivity index (χ1v) is 13.5. The summed E-state index contributed by atoms with van der Waals surface area (Å²) in [5.41, 5.74) is 0.703. The topological polar surface area (TPSA) is 130 Å². The van der Waals surface area contributed by atoms with Crippen LogP contribution in [0.4, 0.5) is 8.78 Å². The molecule has 0 unspecified atom stereocenters. The Kier molecular flexibility index (Phi) is 10.6. The van der Waals surface area contributed by atoms with E-state index in [9.17, 15) is 28.3 Å². The minimum Gasteiger partial charge on any atom is -0.382 e. The maximum Gasteiger partial charge on any atom is 0.264 e. The van der Waals surface area contributed by atoms with Crippen LogP contribution in [-0.4, -0.2) is 64.5 Å². The molecule has 1 aromatic heterocycles. The van der Waals surface area contributed by atoms with Gasteiger partial charge in [-0.25, -0.2) is 13.8 Å². The van der Waals surface area contributed by atoms with E-state index < -0.39 is 53.0 Å². The van der Waals surface area contributed by atoms with E-state index in [1.54, 1.807) is 41.9 Å². The van der Waals surface area contributed by atoms with Gasteiger partial charge in [-0.2, -0.15) is 0 Å². The van der Waals surface area contributed by atoms with Gasteiger partial charge in [-0.15, -0.1) is 24.0 Å². The van der Waals surface area contributed by atoms with Crippen LogP contribution in [0.2, 0.25) is 0 Å². The minimum absolute atomic E-state index is 0.0275. The number of benzene rings is 1. The first-order valence-electron chi connectivity index (χ1n) is 12.1. The van der Waals surface area contributed by atoms with Crippen molar-refractivity contribution >= 4 is 41.7 Å². The fourth-order valence-electron chi connectivity index (χ4n) is 4.24. The number of nitrogens with zero attached hydrogens (tertiary/aromatic N) is 1. The lowest BCUT2D eigenvalue weighted by molar-refractivity contribution is -0.139. The molecule has 13 heteroatoms. The molecule has 0 aliphatic heterocycles. The van der Waals surface area contributed by atoms with Gasteiger partial charge in [0.1, 0.15) is 11.0 Å². The number of rotatable bonds is 12. The van der Waals surface area contributed by atoms with E-state index in [1.807, 2.05) is 0 Å². The number of carbonyl (C=O) groups excluding carboxylic acids is 3. The molecule has 0 spiro atoms. The first-order chi connectivity index (χ1) is 18.0. The monoisotopic (exact) mass is 570 g/mol. The molecule has 1 fully saturated rings. The number of nitrogens with one attached hydrogen (secondary N) is 3. The highest BCUT2D eigenvalue weighted by Gasteiger charge is 2.43. The molecule has 38 heavy (non-hydrogen) atoms. The second-order valence-electron chi connectivity index (χ2n) is 9.25. The Labute approximate surface area is 229 Å². The summed E-state index contributed by atoms with van der Waals surface area (Å²) in [6.45, 7) is -0.195. The third-order valence-corrected chi connectivity index (χ3v) is 7.57. The molecule has 1 saturated carbocycles. The Bertz CT molecular complexity index is 1070. The minimum atomic E-state index is -2.94. The highest BCUT2D eigenvalue weighted by atomic mass is 32.1. The van der Waals surface area contributed by atoms with Gasteiger partial charge in [-0.1, -0.05) is 30.3 Å². The van der Waals surface area contributed by atoms with E-state index in [0.717, 1.165) is 0 Å². The van der Waals surface area contributed by atoms with Crippen molar-refractivity contribution in [3.8, 4) is 0 Å². The number of alkyl halides is 2. The van der Waals surface area contributed by atoms with Crippen LogP contribution < -0.4 is 16.0 Å². The van der Waals surface area contributed by atoms with E-state index in [-0.39, 0.29) is 38.8 Å². The van der Waals surface area contributed by atoms with Gasteiger partial charge in [0.15, 0.2) is 0 Å². The molecular formula is C25H32F2N4O5S2. The van der Waals surface area contributed by atoms with E-state index in [2.05, 4.69) is 33.6 Å². The second kappa shape index (κ2) is 13.5. The van der Waals surface area contributed by atoms with Crippen LogP contribution >= 0.6 is 24.0 Å². The number of thiazole rings is 1. The number of ether oxygens (including phenoxy) is 1. The SMILES string of the molecule is COC[C@@H](NC(=O)[C@@H]1CCCC(F)(F)C1)C(=O)N[C@H](Cc1ccccc1)[C@@](O)(S)C(=O)NCc1nccs1. The molecule has 3 amide bonds. The molecule has 4 atom stereocenters. The molecular weight excluding hydrogens is 538 g/mol. The number of methoxy groups -OCH3 is 1. The van der Waals surface area contributed by atoms with Crippen LogP contribution in [0.3, 0.4) is 0 Å². The van der Waals surface area contributed by atoms with Crippen LogP contribution in [-0.2, 0) is 32.1 Å². The van der Waals surface area contributed by atoms with Crippen molar-refractivity contribution in [1.82, 2.24) is 20.9 Å². The Morgan fingerprint density at radius 1 is 1.29 bits per heavy atom. The molecule has 1 aliphatic rings. The van der Waals surface area contributed by atoms with Crippen molar-refractivity contribution in [3.05, 3.63) is 52.5 Å². The van der Waals surface area contributed by atoms with Crippen LogP contribution in [0, 0.1) is 5.92 Å². The molecule has 1 aliphatic carbocycles. The lowest BCUT2D eigenvalue weighted by Crippen LogP contribution is -2.62. The number of amides is 3. The van der Waals surface area contributed by atoms with Gasteiger partial charge in [0, 0.05) is 37.4 Å². The summed E-state index contributed by atoms with van der Waals surface area (Å²) in [5, 5.41) is 21.2. The van der Waals surface area contributed by atoms with Gasteiger partial charge in [0.2, 0.25) is 22.7 Å². The quantitative estimate of drug-likeness (QED) is 0.196. The summed E-state index contributed by atoms with van der Waals surface area (Å²) in [4.78, 5) is 40.7. The molecule has 2 aromatic rings. The molecule has 1 aromatic carbocycles. The van der Waals surface area contributed by atoms with Crippen molar-refractivity contribution in [3.63, 3.8) is 0 Å². The van der Waals surface area contributed by atoms with E-state index in [1.165, 1.54) is 18.4 Å². The number of hydrogen-bond donors (Lipinski definition) is 5. The van der Waals surface area contributed by atoms with Crippen molar-refractivity contribution in [2.45, 2.75) is 61.6 Å². The second-order valence-corrected chi connectivity index (χ2v) is 10.9. The molecule has 3 rings (SSSR count). The number of aliphatic hydroxyl groups is 1. The Balaban J connectivity index is 1.74. The molecule has 4 N–H and O–H groups in total. The highest BCUT2D eigenvalue weighted by molar-refractivity contribution is 7.82. The maximum absolute atomic E-state index is 13.8. The molecule has 208 valence electrons. The van der Waals surface area contributed by atoms with Crippen LogP contribution in [0.15, 0.2) is 41.9 Å². The number of aromatic nitrogens is 1.